The molecule has 0 fully saturated rings. The van der Waals surface area contributed by atoms with E-state index in [1.165, 1.54) is 24.3 Å². The molecule has 2 aromatic carbocycles. The second-order valence-electron chi connectivity index (χ2n) is 7.34. The molecule has 1 unspecified atom stereocenters. The quantitative estimate of drug-likeness (QED) is 0.334. The molecule has 0 saturated heterocycles. The van der Waals surface area contributed by atoms with Gasteiger partial charge in [0.15, 0.2) is 6.79 Å². The van der Waals surface area contributed by atoms with E-state index in [0.717, 1.165) is 5.56 Å². The smallest absolute Gasteiger partial charge is 0.270 e. The van der Waals surface area contributed by atoms with Gasteiger partial charge in [-0.2, -0.15) is 0 Å². The fourth-order valence-electron chi connectivity index (χ4n) is 3.57. The van der Waals surface area contributed by atoms with Crippen LogP contribution in [0.4, 0.5) is 5.69 Å². The van der Waals surface area contributed by atoms with Crippen molar-refractivity contribution in [3.8, 4) is 11.5 Å². The van der Waals surface area contributed by atoms with Gasteiger partial charge in [-0.1, -0.05) is 12.1 Å². The first-order valence-corrected chi connectivity index (χ1v) is 10.1. The summed E-state index contributed by atoms with van der Waals surface area (Å²) in [6.07, 6.45) is 6.26. The van der Waals surface area contributed by atoms with Crippen molar-refractivity contribution in [3.05, 3.63) is 87.5 Å². The molecule has 170 valence electrons. The average molecular weight is 450 g/mol. The normalized spacial score (nSPS) is 13.8. The number of nitro groups is 1. The summed E-state index contributed by atoms with van der Waals surface area (Å²) in [4.78, 5) is 28.0. The Balaban J connectivity index is 1.61. The first kappa shape index (κ1) is 22.0. The number of nitrogens with one attached hydrogen (secondary N) is 1. The molecule has 1 atom stereocenters. The largest absolute Gasteiger partial charge is 0.497 e. The van der Waals surface area contributed by atoms with Gasteiger partial charge in [0.05, 0.1) is 18.6 Å². The van der Waals surface area contributed by atoms with E-state index in [0.29, 0.717) is 28.5 Å². The predicted molar refractivity (Wildman–Crippen MR) is 119 cm³/mol. The van der Waals surface area contributed by atoms with Crippen LogP contribution in [0.3, 0.4) is 0 Å². The number of nitrogens with zero attached hydrogens (tertiary/aromatic N) is 3. The number of carbonyl (C=O) groups excluding carboxylic acids is 1. The van der Waals surface area contributed by atoms with E-state index in [1.807, 2.05) is 35.9 Å². The van der Waals surface area contributed by atoms with Crippen molar-refractivity contribution >= 4 is 17.7 Å². The van der Waals surface area contributed by atoms with Crippen molar-refractivity contribution in [1.82, 2.24) is 14.9 Å². The third kappa shape index (κ3) is 4.85. The minimum absolute atomic E-state index is 0.0382. The van der Waals surface area contributed by atoms with Gasteiger partial charge in [-0.05, 0) is 23.8 Å². The Labute approximate surface area is 189 Å². The van der Waals surface area contributed by atoms with Gasteiger partial charge >= 0.3 is 0 Å². The maximum atomic E-state index is 12.9. The van der Waals surface area contributed by atoms with Crippen molar-refractivity contribution in [2.45, 2.75) is 12.6 Å². The van der Waals surface area contributed by atoms with E-state index in [9.17, 15) is 14.9 Å². The number of hydrogen-bond donors (Lipinski definition) is 1. The molecule has 10 heteroatoms. The van der Waals surface area contributed by atoms with E-state index in [-0.39, 0.29) is 19.1 Å². The minimum atomic E-state index is -0.517. The molecular formula is C23H22N4O6. The van der Waals surface area contributed by atoms with E-state index in [4.69, 9.17) is 14.2 Å². The highest BCUT2D eigenvalue weighted by Crippen LogP contribution is 2.33. The van der Waals surface area contributed by atoms with Crippen molar-refractivity contribution in [2.24, 2.45) is 7.05 Å². The van der Waals surface area contributed by atoms with Crippen LogP contribution in [0.5, 0.6) is 11.5 Å². The summed E-state index contributed by atoms with van der Waals surface area (Å²) < 4.78 is 17.8. The number of nitro benzene ring substituents is 1. The lowest BCUT2D eigenvalue weighted by atomic mass is 10.0. The number of aryl methyl sites for hydroxylation is 1. The fourth-order valence-corrected chi connectivity index (χ4v) is 3.57. The Bertz CT molecular complexity index is 1200. The average Bonchev–Trinajstić information content (AvgIpc) is 3.26. The predicted octanol–water partition coefficient (Wildman–Crippen LogP) is 3.12. The van der Waals surface area contributed by atoms with Crippen LogP contribution in [0.1, 0.15) is 28.6 Å². The molecular weight excluding hydrogens is 428 g/mol. The third-order valence-corrected chi connectivity index (χ3v) is 5.20. The molecule has 10 nitrogen and oxygen atoms in total. The van der Waals surface area contributed by atoms with Crippen LogP contribution in [0.25, 0.3) is 6.08 Å². The SMILES string of the molecule is COc1ccc(C(NC(=O)/C=C/c2cc([N+](=O)[O-])cc3c2OCOC3)c2nccn2C)cc1. The fraction of sp³-hybridized carbons (Fsp3) is 0.217. The molecule has 2 heterocycles. The summed E-state index contributed by atoms with van der Waals surface area (Å²) in [5, 5.41) is 14.2. The first-order valence-electron chi connectivity index (χ1n) is 10.1. The molecule has 1 N–H and O–H groups in total. The lowest BCUT2D eigenvalue weighted by Crippen LogP contribution is -2.29. The van der Waals surface area contributed by atoms with Crippen molar-refractivity contribution in [3.63, 3.8) is 0 Å². The molecule has 0 spiro atoms. The zero-order valence-electron chi connectivity index (χ0n) is 18.1. The van der Waals surface area contributed by atoms with Crippen LogP contribution in [0, 0.1) is 10.1 Å². The molecule has 1 aliphatic rings. The molecule has 3 aromatic rings. The molecule has 0 bridgehead atoms. The molecule has 1 aliphatic heterocycles. The minimum Gasteiger partial charge on any atom is -0.497 e. The number of methoxy groups -OCH3 is 1. The molecule has 1 amide bonds. The number of fused-ring (bicyclic) bond motifs is 1. The Kier molecular flexibility index (Phi) is 6.36. The van der Waals surface area contributed by atoms with Gasteiger partial charge in [0, 0.05) is 48.8 Å². The zero-order chi connectivity index (χ0) is 23.4. The summed E-state index contributed by atoms with van der Waals surface area (Å²) in [6.45, 7) is 0.235. The summed E-state index contributed by atoms with van der Waals surface area (Å²) in [5.74, 6) is 1.41. The van der Waals surface area contributed by atoms with Crippen LogP contribution in [0.15, 0.2) is 54.9 Å². The second kappa shape index (κ2) is 9.53. The number of ether oxygens (including phenoxy) is 3. The van der Waals surface area contributed by atoms with Crippen LogP contribution in [-0.4, -0.2) is 34.3 Å². The number of imidazole rings is 1. The number of carbonyl (C=O) groups is 1. The van der Waals surface area contributed by atoms with Crippen molar-refractivity contribution in [1.29, 1.82) is 0 Å². The van der Waals surface area contributed by atoms with Crippen LogP contribution < -0.4 is 14.8 Å². The van der Waals surface area contributed by atoms with E-state index < -0.39 is 16.9 Å². The standard InChI is InChI=1S/C23H22N4O6/c1-26-10-9-24-23(26)21(15-3-6-19(31-2)7-4-15)25-20(28)8-5-16-11-18(27(29)30)12-17-13-32-14-33-22(16)17/h3-12,21H,13-14H2,1-2H3,(H,25,28)/b8-5+. The number of hydrogen-bond acceptors (Lipinski definition) is 7. The molecule has 1 aromatic heterocycles. The summed E-state index contributed by atoms with van der Waals surface area (Å²) in [5.41, 5.74) is 1.70. The summed E-state index contributed by atoms with van der Waals surface area (Å²) in [6, 6.07) is 9.58. The van der Waals surface area contributed by atoms with Gasteiger partial charge in [-0.3, -0.25) is 14.9 Å². The van der Waals surface area contributed by atoms with Crippen LogP contribution in [0.2, 0.25) is 0 Å². The van der Waals surface area contributed by atoms with E-state index in [1.54, 1.807) is 19.5 Å². The lowest BCUT2D eigenvalue weighted by molar-refractivity contribution is -0.385. The number of non-ortho nitro benzene ring substituents is 1. The molecule has 0 aliphatic carbocycles. The Morgan fingerprint density at radius 3 is 2.79 bits per heavy atom. The van der Waals surface area contributed by atoms with Crippen LogP contribution >= 0.6 is 0 Å². The van der Waals surface area contributed by atoms with E-state index in [2.05, 4.69) is 10.3 Å². The second-order valence-corrected chi connectivity index (χ2v) is 7.34. The van der Waals surface area contributed by atoms with Gasteiger partial charge in [0.1, 0.15) is 23.4 Å². The lowest BCUT2D eigenvalue weighted by Gasteiger charge is -2.20. The maximum absolute atomic E-state index is 12.9. The van der Waals surface area contributed by atoms with E-state index >= 15 is 0 Å². The number of amides is 1. The number of aromatic nitrogens is 2. The Morgan fingerprint density at radius 2 is 2.12 bits per heavy atom. The highest BCUT2D eigenvalue weighted by molar-refractivity contribution is 5.92. The Hall–Kier alpha value is -4.18. The number of benzene rings is 2. The summed E-state index contributed by atoms with van der Waals surface area (Å²) in [7, 11) is 3.43. The molecule has 0 saturated carbocycles. The third-order valence-electron chi connectivity index (χ3n) is 5.20. The van der Waals surface area contributed by atoms with Gasteiger partial charge in [-0.25, -0.2) is 4.98 Å². The maximum Gasteiger partial charge on any atom is 0.270 e. The van der Waals surface area contributed by atoms with Gasteiger partial charge < -0.3 is 24.1 Å². The van der Waals surface area contributed by atoms with Gasteiger partial charge in [0.2, 0.25) is 5.91 Å². The van der Waals surface area contributed by atoms with Gasteiger partial charge in [0.25, 0.3) is 5.69 Å². The monoisotopic (exact) mass is 450 g/mol. The highest BCUT2D eigenvalue weighted by atomic mass is 16.7. The zero-order valence-corrected chi connectivity index (χ0v) is 18.1. The summed E-state index contributed by atoms with van der Waals surface area (Å²) >= 11 is 0. The topological polar surface area (TPSA) is 118 Å². The molecule has 4 rings (SSSR count). The van der Waals surface area contributed by atoms with Crippen molar-refractivity contribution in [2.75, 3.05) is 13.9 Å². The molecule has 0 radical (unpaired) electrons. The number of rotatable bonds is 7. The van der Waals surface area contributed by atoms with Crippen molar-refractivity contribution < 1.29 is 23.9 Å². The van der Waals surface area contributed by atoms with Gasteiger partial charge in [-0.15, -0.1) is 0 Å². The highest BCUT2D eigenvalue weighted by Gasteiger charge is 2.22. The molecule has 33 heavy (non-hydrogen) atoms. The first-order chi connectivity index (χ1) is 16.0. The Morgan fingerprint density at radius 1 is 1.33 bits per heavy atom. The van der Waals surface area contributed by atoms with Crippen LogP contribution in [-0.2, 0) is 23.2 Å².